The molecule has 4 rings (SSSR count). The number of hydrogen-bond acceptors (Lipinski definition) is 6. The first-order chi connectivity index (χ1) is 17.9. The van der Waals surface area contributed by atoms with E-state index >= 15 is 0 Å². The molecule has 0 heterocycles. The summed E-state index contributed by atoms with van der Waals surface area (Å²) in [6.07, 6.45) is 1.33. The van der Waals surface area contributed by atoms with Crippen molar-refractivity contribution in [3.05, 3.63) is 101 Å². The van der Waals surface area contributed by atoms with Gasteiger partial charge >= 0.3 is 17.8 Å². The molecule has 0 saturated heterocycles. The van der Waals surface area contributed by atoms with Crippen molar-refractivity contribution in [3.8, 4) is 11.5 Å². The van der Waals surface area contributed by atoms with Gasteiger partial charge in [-0.25, -0.2) is 10.2 Å². The lowest BCUT2D eigenvalue weighted by atomic mass is 10.0. The Morgan fingerprint density at radius 2 is 1.62 bits per heavy atom. The lowest BCUT2D eigenvalue weighted by Crippen LogP contribution is -2.32. The summed E-state index contributed by atoms with van der Waals surface area (Å²) in [4.78, 5) is 37.2. The van der Waals surface area contributed by atoms with Crippen molar-refractivity contribution < 1.29 is 23.9 Å². The number of rotatable bonds is 7. The van der Waals surface area contributed by atoms with Gasteiger partial charge in [-0.3, -0.25) is 9.59 Å². The zero-order valence-corrected chi connectivity index (χ0v) is 20.5. The summed E-state index contributed by atoms with van der Waals surface area (Å²) in [5, 5.41) is 8.53. The fourth-order valence-electron chi connectivity index (χ4n) is 3.44. The summed E-state index contributed by atoms with van der Waals surface area (Å²) in [6.45, 7) is 2.39. The Kier molecular flexibility index (Phi) is 8.12. The minimum atomic E-state index is -0.968. The highest BCUT2D eigenvalue weighted by atomic mass is 35.5. The molecule has 0 saturated carbocycles. The van der Waals surface area contributed by atoms with E-state index in [2.05, 4.69) is 15.8 Å². The largest absolute Gasteiger partial charge is 0.494 e. The number of hydrogen-bond donors (Lipinski definition) is 2. The molecule has 4 aromatic rings. The van der Waals surface area contributed by atoms with E-state index in [1.807, 2.05) is 31.2 Å². The number of hydrazone groups is 1. The summed E-state index contributed by atoms with van der Waals surface area (Å²) in [7, 11) is 0. The number of carbonyl (C=O) groups is 3. The van der Waals surface area contributed by atoms with Crippen LogP contribution in [0.15, 0.2) is 90.0 Å². The molecule has 9 heteroatoms. The number of nitrogens with zero attached hydrogens (tertiary/aromatic N) is 1. The van der Waals surface area contributed by atoms with Crippen LogP contribution in [0.4, 0.5) is 5.69 Å². The van der Waals surface area contributed by atoms with Crippen LogP contribution < -0.4 is 20.2 Å². The van der Waals surface area contributed by atoms with Gasteiger partial charge in [0.15, 0.2) is 0 Å². The number of halogens is 1. The Balaban J connectivity index is 1.49. The molecule has 0 aromatic heterocycles. The van der Waals surface area contributed by atoms with Gasteiger partial charge in [0.25, 0.3) is 0 Å². The topological polar surface area (TPSA) is 106 Å². The van der Waals surface area contributed by atoms with Crippen LogP contribution >= 0.6 is 11.6 Å². The van der Waals surface area contributed by atoms with E-state index in [0.717, 1.165) is 10.8 Å². The summed E-state index contributed by atoms with van der Waals surface area (Å²) in [5.41, 5.74) is 3.40. The van der Waals surface area contributed by atoms with E-state index in [9.17, 15) is 14.4 Å². The van der Waals surface area contributed by atoms with Crippen molar-refractivity contribution in [3.63, 3.8) is 0 Å². The van der Waals surface area contributed by atoms with Crippen LogP contribution in [0.2, 0.25) is 5.02 Å². The highest BCUT2D eigenvalue weighted by Crippen LogP contribution is 2.27. The third-order valence-electron chi connectivity index (χ3n) is 5.20. The van der Waals surface area contributed by atoms with Crippen LogP contribution in [0.25, 0.3) is 10.8 Å². The Labute approximate surface area is 217 Å². The van der Waals surface area contributed by atoms with E-state index in [1.54, 1.807) is 60.7 Å². The molecule has 2 N–H and O–H groups in total. The highest BCUT2D eigenvalue weighted by molar-refractivity contribution is 6.39. The molecule has 186 valence electrons. The maximum absolute atomic E-state index is 12.7. The molecule has 8 nitrogen and oxygen atoms in total. The fraction of sp³-hybridized carbons (Fsp3) is 0.0714. The molecule has 4 aromatic carbocycles. The number of nitrogens with one attached hydrogen (secondary N) is 2. The second kappa shape index (κ2) is 11.8. The van der Waals surface area contributed by atoms with Gasteiger partial charge < -0.3 is 14.8 Å². The van der Waals surface area contributed by atoms with Crippen LogP contribution in [0.3, 0.4) is 0 Å². The monoisotopic (exact) mass is 515 g/mol. The van der Waals surface area contributed by atoms with Gasteiger partial charge in [-0.1, -0.05) is 41.9 Å². The van der Waals surface area contributed by atoms with Crippen LogP contribution in [-0.4, -0.2) is 30.6 Å². The lowest BCUT2D eigenvalue weighted by molar-refractivity contribution is -0.136. The van der Waals surface area contributed by atoms with Gasteiger partial charge in [-0.05, 0) is 72.3 Å². The van der Waals surface area contributed by atoms with E-state index in [1.165, 1.54) is 6.21 Å². The van der Waals surface area contributed by atoms with Gasteiger partial charge in [0.05, 0.1) is 18.4 Å². The summed E-state index contributed by atoms with van der Waals surface area (Å²) in [5.74, 6) is -1.56. The Hall–Kier alpha value is -4.69. The molecular weight excluding hydrogens is 494 g/mol. The Bertz CT molecular complexity index is 1470. The quantitative estimate of drug-likeness (QED) is 0.116. The number of amides is 2. The van der Waals surface area contributed by atoms with Crippen LogP contribution in [0, 0.1) is 0 Å². The van der Waals surface area contributed by atoms with Crippen molar-refractivity contribution in [1.29, 1.82) is 0 Å². The molecule has 0 bridgehead atoms. The average molecular weight is 516 g/mol. The van der Waals surface area contributed by atoms with Crippen molar-refractivity contribution >= 4 is 52.1 Å². The smallest absolute Gasteiger partial charge is 0.343 e. The average Bonchev–Trinajstić information content (AvgIpc) is 2.91. The van der Waals surface area contributed by atoms with Gasteiger partial charge in [0.1, 0.15) is 11.5 Å². The number of ether oxygens (including phenoxy) is 2. The third kappa shape index (κ3) is 6.50. The van der Waals surface area contributed by atoms with Gasteiger partial charge in [0.2, 0.25) is 0 Å². The summed E-state index contributed by atoms with van der Waals surface area (Å²) in [6, 6.07) is 23.8. The minimum absolute atomic E-state index is 0.232. The second-order valence-corrected chi connectivity index (χ2v) is 8.14. The molecule has 0 spiro atoms. The van der Waals surface area contributed by atoms with Crippen molar-refractivity contribution in [2.24, 2.45) is 5.10 Å². The summed E-state index contributed by atoms with van der Waals surface area (Å²) >= 11 is 5.90. The molecule has 0 unspecified atom stereocenters. The van der Waals surface area contributed by atoms with Gasteiger partial charge in [0, 0.05) is 16.3 Å². The molecule has 37 heavy (non-hydrogen) atoms. The Morgan fingerprint density at radius 1 is 0.892 bits per heavy atom. The highest BCUT2D eigenvalue weighted by Gasteiger charge is 2.15. The predicted octanol–water partition coefficient (Wildman–Crippen LogP) is 5.20. The van der Waals surface area contributed by atoms with Crippen molar-refractivity contribution in [2.75, 3.05) is 11.9 Å². The molecule has 0 radical (unpaired) electrons. The van der Waals surface area contributed by atoms with Gasteiger partial charge in [-0.2, -0.15) is 5.10 Å². The molecule has 0 fully saturated rings. The predicted molar refractivity (Wildman–Crippen MR) is 142 cm³/mol. The van der Waals surface area contributed by atoms with E-state index in [-0.39, 0.29) is 5.75 Å². The van der Waals surface area contributed by atoms with Gasteiger partial charge in [-0.15, -0.1) is 0 Å². The maximum atomic E-state index is 12.7. The number of esters is 1. The normalized spacial score (nSPS) is 10.8. The number of carbonyl (C=O) groups excluding carboxylic acids is 3. The van der Waals surface area contributed by atoms with E-state index in [0.29, 0.717) is 34.2 Å². The van der Waals surface area contributed by atoms with Crippen LogP contribution in [-0.2, 0) is 9.59 Å². The number of anilines is 1. The lowest BCUT2D eigenvalue weighted by Gasteiger charge is -2.11. The van der Waals surface area contributed by atoms with Crippen molar-refractivity contribution in [1.82, 2.24) is 5.43 Å². The van der Waals surface area contributed by atoms with Crippen LogP contribution in [0.5, 0.6) is 11.5 Å². The first kappa shape index (κ1) is 25.4. The van der Waals surface area contributed by atoms with E-state index < -0.39 is 17.8 Å². The van der Waals surface area contributed by atoms with E-state index in [4.69, 9.17) is 21.1 Å². The zero-order valence-electron chi connectivity index (χ0n) is 19.7. The fourth-order valence-corrected chi connectivity index (χ4v) is 3.56. The number of fused-ring (bicyclic) bond motifs is 1. The molecule has 0 aliphatic carbocycles. The first-order valence-electron chi connectivity index (χ1n) is 11.3. The van der Waals surface area contributed by atoms with Crippen molar-refractivity contribution in [2.45, 2.75) is 6.92 Å². The Morgan fingerprint density at radius 3 is 2.35 bits per heavy atom. The number of benzene rings is 4. The SMILES string of the molecule is CCOc1ccc(NC(=O)C(=O)N/N=C\c2c(OC(=O)c3ccc(Cl)cc3)ccc3ccccc23)cc1. The zero-order chi connectivity index (χ0) is 26.2. The van der Waals surface area contributed by atoms with Crippen LogP contribution in [0.1, 0.15) is 22.8 Å². The standard InChI is InChI=1S/C28H22ClN3O5/c1-2-36-22-14-12-21(13-15-22)31-26(33)27(34)32-30-17-24-23-6-4-3-5-18(23)9-16-25(24)37-28(35)19-7-10-20(29)11-8-19/h3-17H,2H2,1H3,(H,31,33)(H,32,34)/b30-17-. The molecule has 0 atom stereocenters. The molecule has 2 amide bonds. The molecular formula is C28H22ClN3O5. The summed E-state index contributed by atoms with van der Waals surface area (Å²) < 4.78 is 11.0. The maximum Gasteiger partial charge on any atom is 0.343 e. The molecule has 0 aliphatic heterocycles. The first-order valence-corrected chi connectivity index (χ1v) is 11.7. The minimum Gasteiger partial charge on any atom is -0.494 e. The second-order valence-electron chi connectivity index (χ2n) is 7.71. The molecule has 0 aliphatic rings. The third-order valence-corrected chi connectivity index (χ3v) is 5.45.